The standard InChI is InChI=1S/C75H50N2/c1-4-20-49(21-5-1)56-44-57(50-22-6-2-7-23-50)46-58(45-56)54-27-18-28-59(47-54)77-71-37-17-16-36-70(71)76-75(77)53-40-38-52(39-41-53)72-60-29-11-10-26-55(60)48-69-61-34-19-35-63(62(61)42-43-68(69)72)74-66-32-14-12-30-64(66)73(51-24-8-3-9-25-51)65-31-13-15-33-67(65)74/h1-33,35-48,61H,34H2. The van der Waals surface area contributed by atoms with E-state index in [1.54, 1.807) is 0 Å². The SMILES string of the molecule is C1=CC(c2c3ccccc3c(-c3ccccc3)c3ccccc23)=C2C=Cc3c(cc4ccccc4c3-c3ccc(-c4nc5ccccc5n4-c4cccc(-c5cc(-c6ccccc6)cc(-c6ccccc6)c5)c4)cc3)C2C1. The number of benzene rings is 12. The van der Waals surface area contributed by atoms with E-state index in [1.807, 2.05) is 0 Å². The molecule has 1 heterocycles. The van der Waals surface area contributed by atoms with E-state index >= 15 is 0 Å². The van der Waals surface area contributed by atoms with Gasteiger partial charge in [0.1, 0.15) is 5.82 Å². The highest BCUT2D eigenvalue weighted by Gasteiger charge is 2.30. The summed E-state index contributed by atoms with van der Waals surface area (Å²) in [6.07, 6.45) is 10.6. The Labute approximate surface area is 448 Å². The predicted octanol–water partition coefficient (Wildman–Crippen LogP) is 20.0. The zero-order chi connectivity index (χ0) is 50.8. The second kappa shape index (κ2) is 18.5. The Morgan fingerprint density at radius 1 is 0.351 bits per heavy atom. The lowest BCUT2D eigenvalue weighted by Crippen LogP contribution is -2.12. The molecule has 12 aromatic carbocycles. The first-order valence-corrected chi connectivity index (χ1v) is 26.8. The molecule has 13 aromatic rings. The number of allylic oxidation sites excluding steroid dienone is 5. The van der Waals surface area contributed by atoms with Crippen LogP contribution in [0.3, 0.4) is 0 Å². The van der Waals surface area contributed by atoms with Gasteiger partial charge in [0, 0.05) is 17.2 Å². The van der Waals surface area contributed by atoms with Crippen LogP contribution in [0.4, 0.5) is 0 Å². The molecular formula is C75H50N2. The van der Waals surface area contributed by atoms with Gasteiger partial charge in [-0.25, -0.2) is 4.98 Å². The molecular weight excluding hydrogens is 929 g/mol. The molecule has 0 N–H and O–H groups in total. The summed E-state index contributed by atoms with van der Waals surface area (Å²) in [6.45, 7) is 0. The molecule has 2 heteroatoms. The van der Waals surface area contributed by atoms with Gasteiger partial charge in [0.25, 0.3) is 0 Å². The summed E-state index contributed by atoms with van der Waals surface area (Å²) in [7, 11) is 0. The van der Waals surface area contributed by atoms with Crippen LogP contribution in [0.25, 0.3) is 128 Å². The van der Waals surface area contributed by atoms with Crippen molar-refractivity contribution in [2.45, 2.75) is 12.3 Å². The molecule has 360 valence electrons. The van der Waals surface area contributed by atoms with Crippen LogP contribution in [0.2, 0.25) is 0 Å². The molecule has 2 aliphatic carbocycles. The van der Waals surface area contributed by atoms with Gasteiger partial charge in [-0.3, -0.25) is 4.57 Å². The largest absolute Gasteiger partial charge is 0.292 e. The molecule has 1 aromatic heterocycles. The van der Waals surface area contributed by atoms with E-state index in [-0.39, 0.29) is 5.92 Å². The molecule has 0 saturated carbocycles. The van der Waals surface area contributed by atoms with E-state index < -0.39 is 0 Å². The average molecular weight is 979 g/mol. The van der Waals surface area contributed by atoms with Gasteiger partial charge in [-0.2, -0.15) is 0 Å². The highest BCUT2D eigenvalue weighted by molar-refractivity contribution is 6.20. The van der Waals surface area contributed by atoms with Crippen LogP contribution in [0.15, 0.2) is 285 Å². The van der Waals surface area contributed by atoms with Gasteiger partial charge < -0.3 is 0 Å². The second-order valence-electron chi connectivity index (χ2n) is 20.5. The maximum Gasteiger partial charge on any atom is 0.145 e. The zero-order valence-corrected chi connectivity index (χ0v) is 42.3. The summed E-state index contributed by atoms with van der Waals surface area (Å²) in [4.78, 5) is 5.37. The van der Waals surface area contributed by atoms with Gasteiger partial charge in [-0.15, -0.1) is 0 Å². The van der Waals surface area contributed by atoms with Gasteiger partial charge in [-0.1, -0.05) is 237 Å². The van der Waals surface area contributed by atoms with Crippen LogP contribution >= 0.6 is 0 Å². The Balaban J connectivity index is 0.843. The third-order valence-electron chi connectivity index (χ3n) is 16.1. The van der Waals surface area contributed by atoms with Gasteiger partial charge in [0.05, 0.1) is 11.0 Å². The summed E-state index contributed by atoms with van der Waals surface area (Å²) in [6, 6.07) is 95.3. The average Bonchev–Trinajstić information content (AvgIpc) is 4.03. The van der Waals surface area contributed by atoms with Gasteiger partial charge in [0.15, 0.2) is 0 Å². The van der Waals surface area contributed by atoms with Crippen molar-refractivity contribution < 1.29 is 0 Å². The summed E-state index contributed by atoms with van der Waals surface area (Å²) in [5.41, 5.74) is 22.9. The van der Waals surface area contributed by atoms with Crippen LogP contribution in [0.5, 0.6) is 0 Å². The Morgan fingerprint density at radius 3 is 1.53 bits per heavy atom. The molecule has 15 rings (SSSR count). The Kier molecular flexibility index (Phi) is 10.7. The number of para-hydroxylation sites is 2. The predicted molar refractivity (Wildman–Crippen MR) is 325 cm³/mol. The summed E-state index contributed by atoms with van der Waals surface area (Å²) in [5, 5.41) is 7.63. The summed E-state index contributed by atoms with van der Waals surface area (Å²) < 4.78 is 2.33. The molecule has 0 saturated heterocycles. The van der Waals surface area contributed by atoms with E-state index in [4.69, 9.17) is 4.98 Å². The molecule has 2 nitrogen and oxygen atoms in total. The Bertz CT molecular complexity index is 4440. The number of hydrogen-bond acceptors (Lipinski definition) is 1. The normalized spacial score (nSPS) is 13.9. The number of nitrogens with zero attached hydrogens (tertiary/aromatic N) is 2. The van der Waals surface area contributed by atoms with Crippen molar-refractivity contribution in [2.75, 3.05) is 0 Å². The molecule has 0 bridgehead atoms. The number of fused-ring (bicyclic) bond motifs is 7. The maximum absolute atomic E-state index is 5.37. The Morgan fingerprint density at radius 2 is 0.870 bits per heavy atom. The summed E-state index contributed by atoms with van der Waals surface area (Å²) >= 11 is 0. The number of imidazole rings is 1. The molecule has 0 amide bonds. The van der Waals surface area contributed by atoms with Crippen LogP contribution in [0, 0.1) is 0 Å². The van der Waals surface area contributed by atoms with Crippen molar-refractivity contribution in [3.8, 4) is 72.7 Å². The monoisotopic (exact) mass is 978 g/mol. The van der Waals surface area contributed by atoms with Crippen molar-refractivity contribution in [2.24, 2.45) is 0 Å². The highest BCUT2D eigenvalue weighted by atomic mass is 15.1. The second-order valence-corrected chi connectivity index (χ2v) is 20.5. The lowest BCUT2D eigenvalue weighted by molar-refractivity contribution is 0.817. The van der Waals surface area contributed by atoms with E-state index in [0.29, 0.717) is 0 Å². The van der Waals surface area contributed by atoms with Gasteiger partial charge >= 0.3 is 0 Å². The zero-order valence-electron chi connectivity index (χ0n) is 42.3. The molecule has 77 heavy (non-hydrogen) atoms. The lowest BCUT2D eigenvalue weighted by Gasteiger charge is -2.31. The smallest absolute Gasteiger partial charge is 0.145 e. The molecule has 0 radical (unpaired) electrons. The van der Waals surface area contributed by atoms with E-state index in [1.165, 1.54) is 105 Å². The topological polar surface area (TPSA) is 17.8 Å². The minimum absolute atomic E-state index is 0.199. The van der Waals surface area contributed by atoms with Crippen LogP contribution < -0.4 is 0 Å². The first-order valence-electron chi connectivity index (χ1n) is 26.8. The van der Waals surface area contributed by atoms with E-state index in [9.17, 15) is 0 Å². The fourth-order valence-electron chi connectivity index (χ4n) is 12.6. The first kappa shape index (κ1) is 44.6. The van der Waals surface area contributed by atoms with Crippen LogP contribution in [-0.2, 0) is 0 Å². The van der Waals surface area contributed by atoms with Crippen LogP contribution in [0.1, 0.15) is 29.0 Å². The molecule has 2 aliphatic rings. The molecule has 1 unspecified atom stereocenters. The minimum atomic E-state index is 0.199. The number of rotatable bonds is 8. The highest BCUT2D eigenvalue weighted by Crippen LogP contribution is 2.51. The third kappa shape index (κ3) is 7.60. The van der Waals surface area contributed by atoms with Gasteiger partial charge in [-0.05, 0) is 171 Å². The third-order valence-corrected chi connectivity index (χ3v) is 16.1. The van der Waals surface area contributed by atoms with Crippen molar-refractivity contribution in [3.05, 3.63) is 301 Å². The molecule has 0 fully saturated rings. The van der Waals surface area contributed by atoms with E-state index in [0.717, 1.165) is 45.7 Å². The maximum atomic E-state index is 5.37. The Hall–Kier alpha value is -9.89. The van der Waals surface area contributed by atoms with Gasteiger partial charge in [0.2, 0.25) is 0 Å². The molecule has 0 aliphatic heterocycles. The molecule has 0 spiro atoms. The van der Waals surface area contributed by atoms with Crippen molar-refractivity contribution in [3.63, 3.8) is 0 Å². The van der Waals surface area contributed by atoms with E-state index in [2.05, 4.69) is 290 Å². The minimum Gasteiger partial charge on any atom is -0.292 e. The first-order chi connectivity index (χ1) is 38.2. The number of aromatic nitrogens is 2. The van der Waals surface area contributed by atoms with Crippen molar-refractivity contribution in [1.82, 2.24) is 9.55 Å². The quantitative estimate of drug-likeness (QED) is 0.139. The summed E-state index contributed by atoms with van der Waals surface area (Å²) in [5.74, 6) is 1.11. The fraction of sp³-hybridized carbons (Fsp3) is 0.0267. The van der Waals surface area contributed by atoms with Crippen LogP contribution in [-0.4, -0.2) is 9.55 Å². The lowest BCUT2D eigenvalue weighted by atomic mass is 9.72. The van der Waals surface area contributed by atoms with Crippen molar-refractivity contribution >= 4 is 55.0 Å². The fourth-order valence-corrected chi connectivity index (χ4v) is 12.6. The van der Waals surface area contributed by atoms with Crippen molar-refractivity contribution in [1.29, 1.82) is 0 Å². The number of hydrogen-bond donors (Lipinski definition) is 0. The molecule has 1 atom stereocenters.